The minimum absolute atomic E-state index is 0.0628. The van der Waals surface area contributed by atoms with Gasteiger partial charge in [0, 0.05) is 6.61 Å². The van der Waals surface area contributed by atoms with Crippen LogP contribution in [0.5, 0.6) is 0 Å². The zero-order valence-corrected chi connectivity index (χ0v) is 6.91. The van der Waals surface area contributed by atoms with Crippen molar-refractivity contribution in [2.45, 2.75) is 19.0 Å². The Bertz CT molecular complexity index is 210. The molecule has 0 heterocycles. The van der Waals surface area contributed by atoms with E-state index in [4.69, 9.17) is 5.11 Å². The van der Waals surface area contributed by atoms with Gasteiger partial charge < -0.3 is 5.11 Å². The molecular weight excluding hydrogens is 155 g/mol. The summed E-state index contributed by atoms with van der Waals surface area (Å²) >= 11 is 0. The van der Waals surface area contributed by atoms with Gasteiger partial charge >= 0.3 is 0 Å². The van der Waals surface area contributed by atoms with E-state index in [0.29, 0.717) is 18.4 Å². The van der Waals surface area contributed by atoms with Gasteiger partial charge in [0.25, 0.3) is 0 Å². The SMILES string of the molecule is OCCCC(F)c1ccccc1. The molecule has 1 atom stereocenters. The molecule has 2 heteroatoms. The zero-order valence-electron chi connectivity index (χ0n) is 6.91. The van der Waals surface area contributed by atoms with Gasteiger partial charge in [-0.15, -0.1) is 0 Å². The van der Waals surface area contributed by atoms with E-state index in [1.807, 2.05) is 18.2 Å². The molecule has 66 valence electrons. The van der Waals surface area contributed by atoms with Crippen LogP contribution in [0.1, 0.15) is 24.6 Å². The van der Waals surface area contributed by atoms with Crippen LogP contribution in [0, 0.1) is 0 Å². The van der Waals surface area contributed by atoms with Gasteiger partial charge in [-0.2, -0.15) is 0 Å². The Balaban J connectivity index is 2.48. The first-order chi connectivity index (χ1) is 5.84. The number of halogens is 1. The van der Waals surface area contributed by atoms with Crippen LogP contribution in [-0.4, -0.2) is 11.7 Å². The van der Waals surface area contributed by atoms with Gasteiger partial charge in [-0.1, -0.05) is 30.3 Å². The Kier molecular flexibility index (Phi) is 3.74. The van der Waals surface area contributed by atoms with Crippen molar-refractivity contribution in [2.24, 2.45) is 0 Å². The fourth-order valence-corrected chi connectivity index (χ4v) is 1.10. The van der Waals surface area contributed by atoms with E-state index < -0.39 is 6.17 Å². The Morgan fingerprint density at radius 3 is 2.50 bits per heavy atom. The lowest BCUT2D eigenvalue weighted by Gasteiger charge is -2.06. The smallest absolute Gasteiger partial charge is 0.125 e. The molecule has 0 aliphatic carbocycles. The van der Waals surface area contributed by atoms with Crippen molar-refractivity contribution in [2.75, 3.05) is 6.61 Å². The van der Waals surface area contributed by atoms with Crippen LogP contribution in [-0.2, 0) is 0 Å². The molecule has 0 spiro atoms. The number of benzene rings is 1. The standard InChI is InChI=1S/C10H13FO/c11-10(7-4-8-12)9-5-2-1-3-6-9/h1-3,5-6,10,12H,4,7-8H2. The van der Waals surface area contributed by atoms with Crippen LogP contribution < -0.4 is 0 Å². The summed E-state index contributed by atoms with van der Waals surface area (Å²) in [5, 5.41) is 8.50. The third kappa shape index (κ3) is 2.62. The fourth-order valence-electron chi connectivity index (χ4n) is 1.10. The first-order valence-corrected chi connectivity index (χ1v) is 4.14. The van der Waals surface area contributed by atoms with E-state index in [9.17, 15) is 4.39 Å². The molecule has 0 radical (unpaired) electrons. The minimum Gasteiger partial charge on any atom is -0.396 e. The van der Waals surface area contributed by atoms with Gasteiger partial charge in [0.05, 0.1) is 0 Å². The first-order valence-electron chi connectivity index (χ1n) is 4.14. The van der Waals surface area contributed by atoms with E-state index in [1.165, 1.54) is 0 Å². The lowest BCUT2D eigenvalue weighted by atomic mass is 10.1. The van der Waals surface area contributed by atoms with Gasteiger partial charge in [0.2, 0.25) is 0 Å². The topological polar surface area (TPSA) is 20.2 Å². The number of aliphatic hydroxyl groups is 1. The van der Waals surface area contributed by atoms with Crippen molar-refractivity contribution in [3.63, 3.8) is 0 Å². The summed E-state index contributed by atoms with van der Waals surface area (Å²) in [6.07, 6.45) is -0.00493. The molecule has 1 aromatic carbocycles. The number of alkyl halides is 1. The molecule has 1 unspecified atom stereocenters. The molecule has 1 rings (SSSR count). The molecule has 0 saturated heterocycles. The molecule has 1 aromatic rings. The van der Waals surface area contributed by atoms with E-state index in [1.54, 1.807) is 12.1 Å². The van der Waals surface area contributed by atoms with Crippen molar-refractivity contribution in [1.29, 1.82) is 0 Å². The van der Waals surface area contributed by atoms with Crippen LogP contribution in [0.4, 0.5) is 4.39 Å². The highest BCUT2D eigenvalue weighted by Crippen LogP contribution is 2.21. The molecule has 0 aliphatic rings. The maximum Gasteiger partial charge on any atom is 0.125 e. The van der Waals surface area contributed by atoms with E-state index >= 15 is 0 Å². The Labute approximate surface area is 71.9 Å². The molecule has 1 N–H and O–H groups in total. The van der Waals surface area contributed by atoms with E-state index in [2.05, 4.69) is 0 Å². The fraction of sp³-hybridized carbons (Fsp3) is 0.400. The van der Waals surface area contributed by atoms with E-state index in [-0.39, 0.29) is 6.61 Å². The van der Waals surface area contributed by atoms with Gasteiger partial charge in [0.1, 0.15) is 6.17 Å². The molecule has 0 fully saturated rings. The quantitative estimate of drug-likeness (QED) is 0.732. The second-order valence-electron chi connectivity index (χ2n) is 2.74. The third-order valence-electron chi connectivity index (χ3n) is 1.78. The zero-order chi connectivity index (χ0) is 8.81. The second kappa shape index (κ2) is 4.88. The summed E-state index contributed by atoms with van der Waals surface area (Å²) in [6, 6.07) is 9.04. The average molecular weight is 168 g/mol. The lowest BCUT2D eigenvalue weighted by Crippen LogP contribution is -1.93. The van der Waals surface area contributed by atoms with Gasteiger partial charge in [-0.05, 0) is 18.4 Å². The number of rotatable bonds is 4. The first kappa shape index (κ1) is 9.20. The predicted molar refractivity (Wildman–Crippen MR) is 46.6 cm³/mol. The largest absolute Gasteiger partial charge is 0.396 e. The van der Waals surface area contributed by atoms with E-state index in [0.717, 1.165) is 0 Å². The van der Waals surface area contributed by atoms with Crippen LogP contribution >= 0.6 is 0 Å². The normalized spacial score (nSPS) is 12.8. The van der Waals surface area contributed by atoms with Crippen LogP contribution in [0.3, 0.4) is 0 Å². The molecule has 0 aliphatic heterocycles. The molecule has 12 heavy (non-hydrogen) atoms. The molecular formula is C10H13FO. The molecule has 0 aromatic heterocycles. The maximum atomic E-state index is 13.2. The minimum atomic E-state index is -0.932. The Morgan fingerprint density at radius 2 is 1.92 bits per heavy atom. The van der Waals surface area contributed by atoms with Crippen molar-refractivity contribution >= 4 is 0 Å². The van der Waals surface area contributed by atoms with Crippen LogP contribution in [0.25, 0.3) is 0 Å². The Morgan fingerprint density at radius 1 is 1.25 bits per heavy atom. The van der Waals surface area contributed by atoms with Crippen molar-refractivity contribution in [3.05, 3.63) is 35.9 Å². The highest BCUT2D eigenvalue weighted by Gasteiger charge is 2.07. The summed E-state index contributed by atoms with van der Waals surface area (Å²) in [4.78, 5) is 0. The summed E-state index contributed by atoms with van der Waals surface area (Å²) in [5.41, 5.74) is 0.700. The summed E-state index contributed by atoms with van der Waals surface area (Å²) < 4.78 is 13.2. The lowest BCUT2D eigenvalue weighted by molar-refractivity contribution is 0.247. The highest BCUT2D eigenvalue weighted by atomic mass is 19.1. The van der Waals surface area contributed by atoms with Gasteiger partial charge in [-0.25, -0.2) is 4.39 Å². The molecule has 0 bridgehead atoms. The number of hydrogen-bond acceptors (Lipinski definition) is 1. The summed E-state index contributed by atoms with van der Waals surface area (Å²) in [7, 11) is 0. The van der Waals surface area contributed by atoms with Crippen LogP contribution in [0.2, 0.25) is 0 Å². The Hall–Kier alpha value is -0.890. The molecule has 0 amide bonds. The average Bonchev–Trinajstić information content (AvgIpc) is 2.15. The van der Waals surface area contributed by atoms with Gasteiger partial charge in [0.15, 0.2) is 0 Å². The van der Waals surface area contributed by atoms with Crippen molar-refractivity contribution < 1.29 is 9.50 Å². The number of aliphatic hydroxyl groups excluding tert-OH is 1. The van der Waals surface area contributed by atoms with Gasteiger partial charge in [-0.3, -0.25) is 0 Å². The van der Waals surface area contributed by atoms with Crippen molar-refractivity contribution in [3.8, 4) is 0 Å². The number of hydrogen-bond donors (Lipinski definition) is 1. The highest BCUT2D eigenvalue weighted by molar-refractivity contribution is 5.17. The molecule has 1 nitrogen and oxygen atoms in total. The third-order valence-corrected chi connectivity index (χ3v) is 1.78. The summed E-state index contributed by atoms with van der Waals surface area (Å²) in [6.45, 7) is 0.0628. The second-order valence-corrected chi connectivity index (χ2v) is 2.74. The molecule has 0 saturated carbocycles. The van der Waals surface area contributed by atoms with Crippen molar-refractivity contribution in [1.82, 2.24) is 0 Å². The van der Waals surface area contributed by atoms with Crippen LogP contribution in [0.15, 0.2) is 30.3 Å². The predicted octanol–water partition coefficient (Wildman–Crippen LogP) is 2.47. The summed E-state index contributed by atoms with van der Waals surface area (Å²) in [5.74, 6) is 0. The monoisotopic (exact) mass is 168 g/mol. The maximum absolute atomic E-state index is 13.2.